The molecule has 366 valence electrons. The van der Waals surface area contributed by atoms with Crippen molar-refractivity contribution in [3.63, 3.8) is 0 Å². The van der Waals surface area contributed by atoms with E-state index in [1.807, 2.05) is 12.1 Å². The molecule has 1 aliphatic heterocycles. The van der Waals surface area contributed by atoms with Gasteiger partial charge in [0.2, 0.25) is 5.91 Å². The first-order chi connectivity index (χ1) is 31.6. The Morgan fingerprint density at radius 1 is 0.600 bits per heavy atom. The maximum Gasteiger partial charge on any atom is 0.306 e. The van der Waals surface area contributed by atoms with Gasteiger partial charge >= 0.3 is 17.9 Å². The average molecular weight is 910 g/mol. The molecule has 0 aliphatic carbocycles. The molecule has 3 rings (SSSR count). The number of carbonyl (C=O) groups excluding carboxylic acids is 4. The molecule has 1 fully saturated rings. The van der Waals surface area contributed by atoms with Crippen molar-refractivity contribution >= 4 is 23.8 Å². The maximum absolute atomic E-state index is 13.8. The number of ether oxygens (including phenoxy) is 4. The van der Waals surface area contributed by atoms with Crippen LogP contribution in [-0.4, -0.2) is 75.9 Å². The molecule has 4 N–H and O–H groups in total. The number of amides is 1. The minimum absolute atomic E-state index is 0.0315. The maximum atomic E-state index is 13.8. The highest BCUT2D eigenvalue weighted by atomic mass is 16.7. The molecular weight excluding hydrogens is 827 g/mol. The van der Waals surface area contributed by atoms with Gasteiger partial charge in [-0.25, -0.2) is 0 Å². The van der Waals surface area contributed by atoms with Crippen molar-refractivity contribution in [1.29, 1.82) is 0 Å². The SMILES string of the molecule is CCCCCCCCCCCCCC(=O)N[C@@H]1[C@@H](OC(=O)CCCCCCCCCCCCC)[C@H](O)[C@@H](CO)O[C@@]1(O)C(CC(=O)OCc1ccccc1)CC(=O)OCc1ccccc1. The standard InChI is InChI=1S/C53H83NO11/c1-3-5-7-9-11-13-15-17-19-21-29-35-46(56)54-52-51(64-47(57)36-30-22-20-18-16-14-12-10-8-6-4-2)50(60)45(39-55)65-53(52,61)44(37-48(58)62-40-42-31-25-23-26-32-42)38-49(59)63-41-43-33-27-24-28-34-43/h23-28,31-34,44-45,50-52,55,60-61H,3-22,29-30,35-41H2,1-2H3,(H,54,56)/t45-,50-,51+,52-,53+/m1/s1. The number of benzene rings is 2. The van der Waals surface area contributed by atoms with E-state index in [1.54, 1.807) is 48.5 Å². The lowest BCUT2D eigenvalue weighted by Gasteiger charge is -2.51. The number of aliphatic hydroxyl groups excluding tert-OH is 2. The Labute approximate surface area is 389 Å². The lowest BCUT2D eigenvalue weighted by Crippen LogP contribution is -2.73. The Morgan fingerprint density at radius 3 is 1.42 bits per heavy atom. The number of esters is 3. The first-order valence-electron chi connectivity index (χ1n) is 25.2. The lowest BCUT2D eigenvalue weighted by atomic mass is 9.79. The zero-order valence-electron chi connectivity index (χ0n) is 39.8. The van der Waals surface area contributed by atoms with Crippen LogP contribution >= 0.6 is 0 Å². The molecule has 1 heterocycles. The molecule has 12 nitrogen and oxygen atoms in total. The van der Waals surface area contributed by atoms with Crippen LogP contribution in [0, 0.1) is 5.92 Å². The van der Waals surface area contributed by atoms with Gasteiger partial charge in [0.25, 0.3) is 0 Å². The summed E-state index contributed by atoms with van der Waals surface area (Å²) >= 11 is 0. The van der Waals surface area contributed by atoms with Gasteiger partial charge < -0.3 is 39.6 Å². The van der Waals surface area contributed by atoms with Crippen molar-refractivity contribution in [2.75, 3.05) is 6.61 Å². The molecule has 1 amide bonds. The summed E-state index contributed by atoms with van der Waals surface area (Å²) in [6, 6.07) is 16.4. The highest BCUT2D eigenvalue weighted by Gasteiger charge is 2.60. The van der Waals surface area contributed by atoms with Gasteiger partial charge in [0.15, 0.2) is 11.9 Å². The third-order valence-corrected chi connectivity index (χ3v) is 12.5. The molecule has 0 radical (unpaired) electrons. The van der Waals surface area contributed by atoms with Gasteiger partial charge in [-0.1, -0.05) is 203 Å². The van der Waals surface area contributed by atoms with Crippen LogP contribution in [0.1, 0.15) is 192 Å². The van der Waals surface area contributed by atoms with E-state index in [0.29, 0.717) is 24.0 Å². The fourth-order valence-corrected chi connectivity index (χ4v) is 8.55. The number of hydrogen-bond donors (Lipinski definition) is 4. The number of aliphatic hydroxyl groups is 3. The molecule has 2 aromatic carbocycles. The van der Waals surface area contributed by atoms with E-state index < -0.39 is 79.3 Å². The van der Waals surface area contributed by atoms with Crippen LogP contribution < -0.4 is 5.32 Å². The van der Waals surface area contributed by atoms with Crippen molar-refractivity contribution in [2.45, 2.75) is 224 Å². The summed E-state index contributed by atoms with van der Waals surface area (Å²) in [7, 11) is 0. The van der Waals surface area contributed by atoms with E-state index in [9.17, 15) is 34.5 Å². The molecule has 0 spiro atoms. The third-order valence-electron chi connectivity index (χ3n) is 12.5. The number of rotatable bonds is 36. The predicted molar refractivity (Wildman–Crippen MR) is 252 cm³/mol. The van der Waals surface area contributed by atoms with E-state index >= 15 is 0 Å². The molecule has 0 bridgehead atoms. The van der Waals surface area contributed by atoms with Gasteiger partial charge in [0.1, 0.15) is 31.5 Å². The number of nitrogens with one attached hydrogen (secondary N) is 1. The first kappa shape index (κ1) is 55.5. The monoisotopic (exact) mass is 910 g/mol. The van der Waals surface area contributed by atoms with Gasteiger partial charge in [0.05, 0.1) is 19.4 Å². The zero-order valence-corrected chi connectivity index (χ0v) is 39.8. The fraction of sp³-hybridized carbons (Fsp3) is 0.698. The number of unbranched alkanes of at least 4 members (excludes halogenated alkanes) is 20. The molecule has 5 atom stereocenters. The molecule has 0 aromatic heterocycles. The summed E-state index contributed by atoms with van der Waals surface area (Å²) in [5, 5.41) is 37.6. The van der Waals surface area contributed by atoms with Gasteiger partial charge in [-0.2, -0.15) is 0 Å². The second-order valence-corrected chi connectivity index (χ2v) is 18.0. The van der Waals surface area contributed by atoms with Crippen molar-refractivity contribution in [3.05, 3.63) is 71.8 Å². The zero-order chi connectivity index (χ0) is 47.0. The molecule has 0 saturated carbocycles. The summed E-state index contributed by atoms with van der Waals surface area (Å²) in [4.78, 5) is 54.5. The van der Waals surface area contributed by atoms with Crippen LogP contribution in [0.15, 0.2) is 60.7 Å². The summed E-state index contributed by atoms with van der Waals surface area (Å²) in [5.41, 5.74) is 1.43. The Kier molecular flexibility index (Phi) is 28.7. The second kappa shape index (κ2) is 33.6. The normalized spacial score (nSPS) is 19.5. The molecule has 0 unspecified atom stereocenters. The van der Waals surface area contributed by atoms with Crippen LogP contribution in [0.3, 0.4) is 0 Å². The van der Waals surface area contributed by atoms with Crippen LogP contribution in [0.4, 0.5) is 0 Å². The molecule has 1 saturated heterocycles. The third kappa shape index (κ3) is 22.5. The molecular formula is C53H83NO11. The Bertz CT molecular complexity index is 1520. The summed E-state index contributed by atoms with van der Waals surface area (Å²) in [6.07, 6.45) is 18.2. The van der Waals surface area contributed by atoms with Crippen LogP contribution in [0.25, 0.3) is 0 Å². The van der Waals surface area contributed by atoms with E-state index in [1.165, 1.54) is 77.0 Å². The van der Waals surface area contributed by atoms with Gasteiger partial charge in [0, 0.05) is 18.8 Å². The smallest absolute Gasteiger partial charge is 0.306 e. The molecule has 1 aliphatic rings. The van der Waals surface area contributed by atoms with E-state index in [2.05, 4.69) is 19.2 Å². The van der Waals surface area contributed by atoms with Crippen molar-refractivity contribution in [3.8, 4) is 0 Å². The second-order valence-electron chi connectivity index (χ2n) is 18.0. The summed E-state index contributed by atoms with van der Waals surface area (Å²) in [6.45, 7) is 3.45. The predicted octanol–water partition coefficient (Wildman–Crippen LogP) is 10.1. The van der Waals surface area contributed by atoms with Crippen molar-refractivity contribution in [2.24, 2.45) is 5.92 Å². The highest BCUT2D eigenvalue weighted by molar-refractivity contribution is 5.77. The molecule has 12 heteroatoms. The van der Waals surface area contributed by atoms with E-state index in [0.717, 1.165) is 51.4 Å². The fourth-order valence-electron chi connectivity index (χ4n) is 8.55. The first-order valence-corrected chi connectivity index (χ1v) is 25.2. The Balaban J connectivity index is 1.79. The minimum Gasteiger partial charge on any atom is -0.461 e. The van der Waals surface area contributed by atoms with Crippen molar-refractivity contribution < 1.29 is 53.4 Å². The Morgan fingerprint density at radius 2 is 1.00 bits per heavy atom. The largest absolute Gasteiger partial charge is 0.461 e. The highest BCUT2D eigenvalue weighted by Crippen LogP contribution is 2.39. The van der Waals surface area contributed by atoms with E-state index in [-0.39, 0.29) is 26.1 Å². The van der Waals surface area contributed by atoms with Gasteiger partial charge in [-0.05, 0) is 24.0 Å². The molecule has 2 aromatic rings. The lowest BCUT2D eigenvalue weighted by molar-refractivity contribution is -0.340. The molecule has 65 heavy (non-hydrogen) atoms. The summed E-state index contributed by atoms with van der Waals surface area (Å²) < 4.78 is 23.2. The number of hydrogen-bond acceptors (Lipinski definition) is 11. The van der Waals surface area contributed by atoms with Crippen LogP contribution in [-0.2, 0) is 51.3 Å². The van der Waals surface area contributed by atoms with Crippen molar-refractivity contribution in [1.82, 2.24) is 5.32 Å². The van der Waals surface area contributed by atoms with Gasteiger partial charge in [-0.15, -0.1) is 0 Å². The van der Waals surface area contributed by atoms with Crippen LogP contribution in [0.2, 0.25) is 0 Å². The Hall–Kier alpha value is -3.84. The average Bonchev–Trinajstić information content (AvgIpc) is 3.31. The van der Waals surface area contributed by atoms with Crippen LogP contribution in [0.5, 0.6) is 0 Å². The minimum atomic E-state index is -2.63. The quantitative estimate of drug-likeness (QED) is 0.0291. The van der Waals surface area contributed by atoms with Gasteiger partial charge in [-0.3, -0.25) is 19.2 Å². The summed E-state index contributed by atoms with van der Waals surface area (Å²) in [5.74, 6) is -6.79. The van der Waals surface area contributed by atoms with E-state index in [4.69, 9.17) is 18.9 Å². The number of carbonyl (C=O) groups is 4. The topological polar surface area (TPSA) is 178 Å².